The largest absolute Gasteiger partial charge is 0.393 e. The molecule has 1 aromatic rings. The number of hydrogen-bond donors (Lipinski definition) is 3. The average Bonchev–Trinajstić information content (AvgIpc) is 3.05. The highest BCUT2D eigenvalue weighted by Gasteiger charge is 2.24. The highest BCUT2D eigenvalue weighted by atomic mass is 16.3. The molecule has 1 aromatic carbocycles. The Morgan fingerprint density at radius 1 is 1.08 bits per heavy atom. The van der Waals surface area contributed by atoms with Crippen molar-refractivity contribution in [3.8, 4) is 0 Å². The fourth-order valence-electron chi connectivity index (χ4n) is 4.06. The molecule has 0 spiro atoms. The van der Waals surface area contributed by atoms with Gasteiger partial charge in [-0.2, -0.15) is 0 Å². The highest BCUT2D eigenvalue weighted by Crippen LogP contribution is 2.24. The second-order valence-electron chi connectivity index (χ2n) is 7.53. The smallest absolute Gasteiger partial charge is 0.314 e. The lowest BCUT2D eigenvalue weighted by atomic mass is 10.0. The Bertz CT molecular complexity index is 537. The fourth-order valence-corrected chi connectivity index (χ4v) is 4.06. The SMILES string of the molecule is O=C(NC[C@@H]1CC[C@@H](O)C1)NC[C@@H]1CCCCN1Cc1ccccc1. The number of carbonyl (C=O) groups is 1. The Kier molecular flexibility index (Phi) is 6.70. The molecule has 5 heteroatoms. The molecule has 0 radical (unpaired) electrons. The van der Waals surface area contributed by atoms with E-state index in [2.05, 4.69) is 39.8 Å². The quantitative estimate of drug-likeness (QED) is 0.742. The zero-order chi connectivity index (χ0) is 17.5. The first-order valence-corrected chi connectivity index (χ1v) is 9.68. The molecule has 1 aliphatic carbocycles. The van der Waals surface area contributed by atoms with Gasteiger partial charge in [0, 0.05) is 25.7 Å². The molecule has 1 saturated carbocycles. The van der Waals surface area contributed by atoms with E-state index >= 15 is 0 Å². The zero-order valence-corrected chi connectivity index (χ0v) is 15.0. The van der Waals surface area contributed by atoms with E-state index in [1.807, 2.05) is 6.07 Å². The number of urea groups is 1. The number of benzene rings is 1. The fraction of sp³-hybridized carbons (Fsp3) is 0.650. The number of likely N-dealkylation sites (tertiary alicyclic amines) is 1. The highest BCUT2D eigenvalue weighted by molar-refractivity contribution is 5.73. The lowest BCUT2D eigenvalue weighted by Crippen LogP contribution is -2.48. The van der Waals surface area contributed by atoms with Crippen LogP contribution in [0.1, 0.15) is 44.1 Å². The third-order valence-electron chi connectivity index (χ3n) is 5.54. The summed E-state index contributed by atoms with van der Waals surface area (Å²) in [7, 11) is 0. The third-order valence-corrected chi connectivity index (χ3v) is 5.54. The normalized spacial score (nSPS) is 27.2. The molecule has 0 unspecified atom stereocenters. The van der Waals surface area contributed by atoms with E-state index in [1.165, 1.54) is 18.4 Å². The molecule has 3 N–H and O–H groups in total. The summed E-state index contributed by atoms with van der Waals surface area (Å²) in [5, 5.41) is 15.6. The van der Waals surface area contributed by atoms with E-state index in [4.69, 9.17) is 0 Å². The molecule has 1 aliphatic heterocycles. The Hall–Kier alpha value is -1.59. The van der Waals surface area contributed by atoms with Crippen molar-refractivity contribution in [3.63, 3.8) is 0 Å². The minimum atomic E-state index is -0.177. The number of aliphatic hydroxyl groups excluding tert-OH is 1. The van der Waals surface area contributed by atoms with Crippen molar-refractivity contribution in [3.05, 3.63) is 35.9 Å². The van der Waals surface area contributed by atoms with Crippen LogP contribution in [-0.4, -0.2) is 47.8 Å². The minimum Gasteiger partial charge on any atom is -0.393 e. The molecule has 2 amide bonds. The van der Waals surface area contributed by atoms with Gasteiger partial charge in [-0.25, -0.2) is 4.79 Å². The first-order valence-electron chi connectivity index (χ1n) is 9.68. The summed E-state index contributed by atoms with van der Waals surface area (Å²) >= 11 is 0. The lowest BCUT2D eigenvalue weighted by molar-refractivity contribution is 0.138. The van der Waals surface area contributed by atoms with Gasteiger partial charge in [0.25, 0.3) is 0 Å². The molecule has 2 fully saturated rings. The summed E-state index contributed by atoms with van der Waals surface area (Å²) in [4.78, 5) is 14.6. The second-order valence-corrected chi connectivity index (χ2v) is 7.53. The first-order chi connectivity index (χ1) is 12.2. The Morgan fingerprint density at radius 3 is 2.64 bits per heavy atom. The van der Waals surface area contributed by atoms with E-state index in [0.29, 0.717) is 25.0 Å². The van der Waals surface area contributed by atoms with Gasteiger partial charge in [0.2, 0.25) is 0 Å². The third kappa shape index (κ3) is 5.72. The Labute approximate surface area is 150 Å². The predicted molar refractivity (Wildman–Crippen MR) is 99.2 cm³/mol. The summed E-state index contributed by atoms with van der Waals surface area (Å²) in [6.07, 6.45) is 6.12. The van der Waals surface area contributed by atoms with Crippen LogP contribution >= 0.6 is 0 Å². The summed E-state index contributed by atoms with van der Waals surface area (Å²) in [5.41, 5.74) is 1.33. The van der Waals surface area contributed by atoms with Gasteiger partial charge in [0.05, 0.1) is 6.10 Å². The standard InChI is InChI=1S/C20H31N3O2/c24-19-10-9-17(12-19)13-21-20(25)22-14-18-8-4-5-11-23(18)15-16-6-2-1-3-7-16/h1-3,6-7,17-19,24H,4-5,8-15H2,(H2,21,22,25)/t17-,18+,19-/m1/s1. The molecule has 2 aliphatic rings. The molecule has 0 aromatic heterocycles. The maximum atomic E-state index is 12.1. The first kappa shape index (κ1) is 18.2. The van der Waals surface area contributed by atoms with Gasteiger partial charge < -0.3 is 15.7 Å². The van der Waals surface area contributed by atoms with Gasteiger partial charge in [0.1, 0.15) is 0 Å². The van der Waals surface area contributed by atoms with Crippen molar-refractivity contribution in [2.24, 2.45) is 5.92 Å². The van der Waals surface area contributed by atoms with E-state index in [-0.39, 0.29) is 12.1 Å². The van der Waals surface area contributed by atoms with Crippen molar-refractivity contribution in [1.82, 2.24) is 15.5 Å². The van der Waals surface area contributed by atoms with Crippen LogP contribution in [0.5, 0.6) is 0 Å². The van der Waals surface area contributed by atoms with Crippen molar-refractivity contribution >= 4 is 6.03 Å². The molecule has 3 atom stereocenters. The summed E-state index contributed by atoms with van der Waals surface area (Å²) < 4.78 is 0. The summed E-state index contributed by atoms with van der Waals surface area (Å²) in [6.45, 7) is 3.42. The average molecular weight is 345 g/mol. The van der Waals surface area contributed by atoms with Gasteiger partial charge in [-0.1, -0.05) is 36.8 Å². The van der Waals surface area contributed by atoms with Crippen LogP contribution in [0.4, 0.5) is 4.79 Å². The molecule has 0 bridgehead atoms. The maximum Gasteiger partial charge on any atom is 0.314 e. The molecule has 1 heterocycles. The molecular formula is C20H31N3O2. The number of nitrogens with one attached hydrogen (secondary N) is 2. The summed E-state index contributed by atoms with van der Waals surface area (Å²) in [6, 6.07) is 10.9. The van der Waals surface area contributed by atoms with Crippen LogP contribution in [-0.2, 0) is 6.54 Å². The van der Waals surface area contributed by atoms with Crippen molar-refractivity contribution in [2.75, 3.05) is 19.6 Å². The topological polar surface area (TPSA) is 64.6 Å². The van der Waals surface area contributed by atoms with Crippen molar-refractivity contribution in [1.29, 1.82) is 0 Å². The van der Waals surface area contributed by atoms with E-state index in [1.54, 1.807) is 0 Å². The number of rotatable bonds is 6. The Morgan fingerprint density at radius 2 is 1.88 bits per heavy atom. The van der Waals surface area contributed by atoms with E-state index in [9.17, 15) is 9.90 Å². The molecule has 3 rings (SSSR count). The zero-order valence-electron chi connectivity index (χ0n) is 15.0. The van der Waals surface area contributed by atoms with Crippen LogP contribution < -0.4 is 10.6 Å². The van der Waals surface area contributed by atoms with Crippen LogP contribution in [0.15, 0.2) is 30.3 Å². The molecule has 5 nitrogen and oxygen atoms in total. The Balaban J connectivity index is 1.41. The van der Waals surface area contributed by atoms with Crippen LogP contribution in [0.3, 0.4) is 0 Å². The molecular weight excluding hydrogens is 314 g/mol. The van der Waals surface area contributed by atoms with E-state index < -0.39 is 0 Å². The van der Waals surface area contributed by atoms with Crippen molar-refractivity contribution in [2.45, 2.75) is 57.2 Å². The minimum absolute atomic E-state index is 0.0772. The van der Waals surface area contributed by atoms with E-state index in [0.717, 1.165) is 38.8 Å². The molecule has 25 heavy (non-hydrogen) atoms. The van der Waals surface area contributed by atoms with Crippen LogP contribution in [0.2, 0.25) is 0 Å². The summed E-state index contributed by atoms with van der Waals surface area (Å²) in [5.74, 6) is 0.421. The molecule has 1 saturated heterocycles. The monoisotopic (exact) mass is 345 g/mol. The van der Waals surface area contributed by atoms with Gasteiger partial charge in [-0.05, 0) is 50.1 Å². The maximum absolute atomic E-state index is 12.1. The van der Waals surface area contributed by atoms with Gasteiger partial charge in [-0.3, -0.25) is 4.90 Å². The molecule has 138 valence electrons. The number of aliphatic hydroxyl groups is 1. The number of carbonyl (C=O) groups excluding carboxylic acids is 1. The second kappa shape index (κ2) is 9.20. The van der Waals surface area contributed by atoms with Crippen molar-refractivity contribution < 1.29 is 9.90 Å². The number of nitrogens with zero attached hydrogens (tertiary/aromatic N) is 1. The number of piperidine rings is 1. The van der Waals surface area contributed by atoms with Crippen LogP contribution in [0, 0.1) is 5.92 Å². The lowest BCUT2D eigenvalue weighted by Gasteiger charge is -2.36. The number of amides is 2. The number of hydrogen-bond acceptors (Lipinski definition) is 3. The van der Waals surface area contributed by atoms with Gasteiger partial charge >= 0.3 is 6.03 Å². The van der Waals surface area contributed by atoms with Crippen LogP contribution in [0.25, 0.3) is 0 Å². The van der Waals surface area contributed by atoms with Gasteiger partial charge in [0.15, 0.2) is 0 Å². The van der Waals surface area contributed by atoms with Gasteiger partial charge in [-0.15, -0.1) is 0 Å². The predicted octanol–water partition coefficient (Wildman–Crippen LogP) is 2.50.